The molecule has 1 saturated carbocycles. The molecule has 1 aliphatic carbocycles. The number of hydrogen-bond acceptors (Lipinski definition) is 1. The Balaban J connectivity index is 2.85. The summed E-state index contributed by atoms with van der Waals surface area (Å²) >= 11 is 0. The molecule has 1 aliphatic rings. The number of alkyl halides is 6. The molecule has 0 heterocycles. The SMILES string of the molecule is NC1(C(F)(F)C(F)F)CC1(F)F. The molecule has 0 bridgehead atoms. The van der Waals surface area contributed by atoms with Crippen LogP contribution in [0.25, 0.3) is 0 Å². The molecule has 0 spiro atoms. The van der Waals surface area contributed by atoms with E-state index in [1.54, 1.807) is 0 Å². The van der Waals surface area contributed by atoms with Crippen molar-refractivity contribution in [1.82, 2.24) is 0 Å². The maximum atomic E-state index is 12.3. The van der Waals surface area contributed by atoms with Crippen molar-refractivity contribution in [2.24, 2.45) is 5.73 Å². The Morgan fingerprint density at radius 1 is 1.25 bits per heavy atom. The standard InChI is InChI=1S/C5H5F6N/c6-2(7)5(10,11)3(12)1-4(3,8)9/h2H,1,12H2. The van der Waals surface area contributed by atoms with Crippen LogP contribution in [0.4, 0.5) is 26.3 Å². The predicted octanol–water partition coefficient (Wildman–Crippen LogP) is 1.62. The molecule has 0 amide bonds. The lowest BCUT2D eigenvalue weighted by Crippen LogP contribution is -2.52. The first-order valence-electron chi connectivity index (χ1n) is 2.98. The van der Waals surface area contributed by atoms with Gasteiger partial charge in [0.15, 0.2) is 5.54 Å². The van der Waals surface area contributed by atoms with Crippen LogP contribution in [-0.2, 0) is 0 Å². The number of hydrogen-bond donors (Lipinski definition) is 1. The van der Waals surface area contributed by atoms with Crippen molar-refractivity contribution in [1.29, 1.82) is 0 Å². The highest BCUT2D eigenvalue weighted by atomic mass is 19.3. The molecule has 0 radical (unpaired) electrons. The van der Waals surface area contributed by atoms with Crippen molar-refractivity contribution in [3.8, 4) is 0 Å². The molecule has 1 atom stereocenters. The largest absolute Gasteiger partial charge is 0.331 e. The fraction of sp³-hybridized carbons (Fsp3) is 1.00. The molecule has 0 aromatic rings. The first kappa shape index (κ1) is 9.63. The summed E-state index contributed by atoms with van der Waals surface area (Å²) in [5.74, 6) is -8.70. The molecule has 1 unspecified atom stereocenters. The van der Waals surface area contributed by atoms with E-state index in [1.807, 2.05) is 0 Å². The van der Waals surface area contributed by atoms with E-state index in [2.05, 4.69) is 5.73 Å². The van der Waals surface area contributed by atoms with Gasteiger partial charge in [-0.3, -0.25) is 0 Å². The van der Waals surface area contributed by atoms with E-state index in [9.17, 15) is 26.3 Å². The summed E-state index contributed by atoms with van der Waals surface area (Å²) in [7, 11) is 0. The fourth-order valence-electron chi connectivity index (χ4n) is 0.862. The van der Waals surface area contributed by atoms with Crippen LogP contribution in [0, 0.1) is 0 Å². The molecule has 12 heavy (non-hydrogen) atoms. The molecule has 2 N–H and O–H groups in total. The number of rotatable bonds is 2. The van der Waals surface area contributed by atoms with Crippen LogP contribution in [0.5, 0.6) is 0 Å². The molecule has 1 nitrogen and oxygen atoms in total. The van der Waals surface area contributed by atoms with E-state index in [0.29, 0.717) is 0 Å². The zero-order valence-electron chi connectivity index (χ0n) is 5.63. The van der Waals surface area contributed by atoms with Gasteiger partial charge in [-0.1, -0.05) is 0 Å². The monoisotopic (exact) mass is 193 g/mol. The van der Waals surface area contributed by atoms with Gasteiger partial charge in [0.05, 0.1) is 0 Å². The van der Waals surface area contributed by atoms with Crippen molar-refractivity contribution < 1.29 is 26.3 Å². The van der Waals surface area contributed by atoms with E-state index in [-0.39, 0.29) is 0 Å². The number of halogens is 6. The molecular weight excluding hydrogens is 188 g/mol. The Hall–Kier alpha value is -0.460. The summed E-state index contributed by atoms with van der Waals surface area (Å²) in [6, 6.07) is 0. The van der Waals surface area contributed by atoms with Crippen molar-refractivity contribution in [2.45, 2.75) is 30.2 Å². The van der Waals surface area contributed by atoms with Gasteiger partial charge < -0.3 is 5.73 Å². The summed E-state index contributed by atoms with van der Waals surface area (Å²) < 4.78 is 71.8. The zero-order chi connectivity index (χ0) is 9.78. The summed E-state index contributed by atoms with van der Waals surface area (Å²) in [6.45, 7) is 0. The minimum atomic E-state index is -4.82. The summed E-state index contributed by atoms with van der Waals surface area (Å²) in [5.41, 5.74) is 1.07. The minimum Gasteiger partial charge on any atom is -0.315 e. The van der Waals surface area contributed by atoms with Gasteiger partial charge in [-0.15, -0.1) is 0 Å². The Morgan fingerprint density at radius 3 is 1.67 bits per heavy atom. The van der Waals surface area contributed by atoms with Crippen LogP contribution < -0.4 is 5.73 Å². The lowest BCUT2D eigenvalue weighted by molar-refractivity contribution is -0.168. The Kier molecular flexibility index (Phi) is 1.66. The van der Waals surface area contributed by atoms with Gasteiger partial charge >= 0.3 is 12.3 Å². The molecule has 1 fully saturated rings. The predicted molar refractivity (Wildman–Crippen MR) is 27.4 cm³/mol. The highest BCUT2D eigenvalue weighted by Gasteiger charge is 2.83. The Morgan fingerprint density at radius 2 is 1.58 bits per heavy atom. The van der Waals surface area contributed by atoms with Crippen molar-refractivity contribution >= 4 is 0 Å². The molecule has 72 valence electrons. The van der Waals surface area contributed by atoms with Crippen molar-refractivity contribution in [2.75, 3.05) is 0 Å². The quantitative estimate of drug-likeness (QED) is 0.662. The van der Waals surface area contributed by atoms with E-state index in [0.717, 1.165) is 0 Å². The van der Waals surface area contributed by atoms with Gasteiger partial charge in [-0.25, -0.2) is 17.6 Å². The maximum absolute atomic E-state index is 12.3. The Bertz CT molecular complexity index is 199. The molecule has 0 aliphatic heterocycles. The van der Waals surface area contributed by atoms with E-state index >= 15 is 0 Å². The molecule has 7 heteroatoms. The van der Waals surface area contributed by atoms with Crippen LogP contribution in [0.3, 0.4) is 0 Å². The molecule has 0 saturated heterocycles. The third kappa shape index (κ3) is 0.917. The second-order valence-corrected chi connectivity index (χ2v) is 2.78. The summed E-state index contributed by atoms with van der Waals surface area (Å²) in [5, 5.41) is 0. The highest BCUT2D eigenvalue weighted by Crippen LogP contribution is 2.59. The van der Waals surface area contributed by atoms with Crippen LogP contribution in [0.2, 0.25) is 0 Å². The molecule has 0 aromatic heterocycles. The lowest BCUT2D eigenvalue weighted by Gasteiger charge is -2.22. The minimum absolute atomic E-state index is 1.39. The highest BCUT2D eigenvalue weighted by molar-refractivity contribution is 5.23. The third-order valence-corrected chi connectivity index (χ3v) is 1.90. The lowest BCUT2D eigenvalue weighted by atomic mass is 10.1. The average molecular weight is 193 g/mol. The normalized spacial score (nSPS) is 34.0. The smallest absolute Gasteiger partial charge is 0.315 e. The van der Waals surface area contributed by atoms with Crippen molar-refractivity contribution in [3.63, 3.8) is 0 Å². The van der Waals surface area contributed by atoms with Gasteiger partial charge in [0.25, 0.3) is 5.92 Å². The number of nitrogens with two attached hydrogens (primary N) is 1. The first-order valence-corrected chi connectivity index (χ1v) is 2.98. The van der Waals surface area contributed by atoms with Gasteiger partial charge in [-0.2, -0.15) is 8.78 Å². The van der Waals surface area contributed by atoms with Crippen LogP contribution in [0.15, 0.2) is 0 Å². The Labute approximate surface area is 63.5 Å². The second kappa shape index (κ2) is 2.07. The first-order chi connectivity index (χ1) is 5.15. The van der Waals surface area contributed by atoms with Gasteiger partial charge in [0, 0.05) is 6.42 Å². The molecular formula is C5H5F6N. The van der Waals surface area contributed by atoms with Gasteiger partial charge in [-0.05, 0) is 0 Å². The van der Waals surface area contributed by atoms with E-state index in [1.165, 1.54) is 0 Å². The maximum Gasteiger partial charge on any atom is 0.331 e. The van der Waals surface area contributed by atoms with E-state index in [4.69, 9.17) is 0 Å². The third-order valence-electron chi connectivity index (χ3n) is 1.90. The van der Waals surface area contributed by atoms with E-state index < -0.39 is 30.2 Å². The second-order valence-electron chi connectivity index (χ2n) is 2.78. The molecule has 1 rings (SSSR count). The summed E-state index contributed by atoms with van der Waals surface area (Å²) in [6.07, 6.45) is -5.55. The zero-order valence-corrected chi connectivity index (χ0v) is 5.63. The molecule has 0 aromatic carbocycles. The van der Waals surface area contributed by atoms with Gasteiger partial charge in [0.1, 0.15) is 0 Å². The van der Waals surface area contributed by atoms with Gasteiger partial charge in [0.2, 0.25) is 0 Å². The van der Waals surface area contributed by atoms with Crippen molar-refractivity contribution in [3.05, 3.63) is 0 Å². The average Bonchev–Trinajstić information content (AvgIpc) is 2.33. The topological polar surface area (TPSA) is 26.0 Å². The van der Waals surface area contributed by atoms with Crippen LogP contribution in [0.1, 0.15) is 6.42 Å². The fourth-order valence-corrected chi connectivity index (χ4v) is 0.862. The summed E-state index contributed by atoms with van der Waals surface area (Å²) in [4.78, 5) is 0. The van der Waals surface area contributed by atoms with Crippen LogP contribution in [-0.4, -0.2) is 23.8 Å². The van der Waals surface area contributed by atoms with Crippen LogP contribution >= 0.6 is 0 Å².